The lowest BCUT2D eigenvalue weighted by Gasteiger charge is -2.11. The molecule has 5 nitrogen and oxygen atoms in total. The van der Waals surface area contributed by atoms with E-state index >= 15 is 0 Å². The van der Waals surface area contributed by atoms with Crippen LogP contribution in [0.15, 0.2) is 70.3 Å². The fraction of sp³-hybridized carbons (Fsp3) is 0.105. The van der Waals surface area contributed by atoms with Gasteiger partial charge in [0.15, 0.2) is 10.8 Å². The minimum Gasteiger partial charge on any atom is -0.325 e. The van der Waals surface area contributed by atoms with Crippen LogP contribution in [0.1, 0.15) is 6.92 Å². The first-order valence-electron chi connectivity index (χ1n) is 8.08. The van der Waals surface area contributed by atoms with E-state index in [0.717, 1.165) is 26.7 Å². The highest BCUT2D eigenvalue weighted by atomic mass is 79.9. The number of thioether (sulfide) groups is 1. The third kappa shape index (κ3) is 3.32. The van der Waals surface area contributed by atoms with Gasteiger partial charge in [0.05, 0.1) is 10.8 Å². The average molecular weight is 427 g/mol. The van der Waals surface area contributed by atoms with Gasteiger partial charge < -0.3 is 5.32 Å². The normalized spacial score (nSPS) is 12.4. The standard InChI is InChI=1S/C19H15BrN4OS/c1-12(18(25)21-15-9-7-14(20)8-10-15)26-19-23-22-17-11-6-13-4-2-3-5-16(13)24(17)19/h2-12H,1H3,(H,21,25)/t12-/m1/s1. The summed E-state index contributed by atoms with van der Waals surface area (Å²) >= 11 is 4.78. The maximum absolute atomic E-state index is 12.5. The molecule has 0 spiro atoms. The summed E-state index contributed by atoms with van der Waals surface area (Å²) in [5.41, 5.74) is 2.56. The molecule has 0 radical (unpaired) electrons. The predicted molar refractivity (Wildman–Crippen MR) is 109 cm³/mol. The lowest BCUT2D eigenvalue weighted by Crippen LogP contribution is -2.22. The maximum Gasteiger partial charge on any atom is 0.237 e. The summed E-state index contributed by atoms with van der Waals surface area (Å²) in [7, 11) is 0. The summed E-state index contributed by atoms with van der Waals surface area (Å²) in [6.07, 6.45) is 0. The van der Waals surface area contributed by atoms with E-state index in [1.54, 1.807) is 0 Å². The number of nitrogens with one attached hydrogen (secondary N) is 1. The highest BCUT2D eigenvalue weighted by Crippen LogP contribution is 2.27. The molecule has 1 N–H and O–H groups in total. The first-order valence-corrected chi connectivity index (χ1v) is 9.75. The SMILES string of the molecule is C[C@@H](Sc1nnc2ccc3ccccc3n12)C(=O)Nc1ccc(Br)cc1. The molecular weight excluding hydrogens is 412 g/mol. The Kier molecular flexibility index (Phi) is 4.65. The largest absolute Gasteiger partial charge is 0.325 e. The fourth-order valence-corrected chi connectivity index (χ4v) is 3.81. The molecule has 2 aromatic heterocycles. The van der Waals surface area contributed by atoms with Crippen LogP contribution in [-0.2, 0) is 4.79 Å². The molecule has 1 amide bonds. The molecule has 1 atom stereocenters. The van der Waals surface area contributed by atoms with E-state index in [2.05, 4.69) is 31.4 Å². The monoisotopic (exact) mass is 426 g/mol. The molecule has 0 fully saturated rings. The van der Waals surface area contributed by atoms with Gasteiger partial charge in [0.25, 0.3) is 0 Å². The van der Waals surface area contributed by atoms with Gasteiger partial charge in [-0.2, -0.15) is 0 Å². The molecular formula is C19H15BrN4OS. The highest BCUT2D eigenvalue weighted by Gasteiger charge is 2.19. The van der Waals surface area contributed by atoms with Crippen molar-refractivity contribution in [2.75, 3.05) is 5.32 Å². The highest BCUT2D eigenvalue weighted by molar-refractivity contribution is 9.10. The quantitative estimate of drug-likeness (QED) is 0.477. The lowest BCUT2D eigenvalue weighted by molar-refractivity contribution is -0.115. The van der Waals surface area contributed by atoms with E-state index in [1.807, 2.05) is 72.0 Å². The number of anilines is 1. The average Bonchev–Trinajstić information content (AvgIpc) is 3.07. The molecule has 2 heterocycles. The summed E-state index contributed by atoms with van der Waals surface area (Å²) in [5, 5.41) is 12.9. The van der Waals surface area contributed by atoms with Gasteiger partial charge in [-0.25, -0.2) is 0 Å². The van der Waals surface area contributed by atoms with Crippen LogP contribution >= 0.6 is 27.7 Å². The summed E-state index contributed by atoms with van der Waals surface area (Å²) in [4.78, 5) is 12.5. The number of hydrogen-bond donors (Lipinski definition) is 1. The van der Waals surface area contributed by atoms with Crippen LogP contribution in [0.4, 0.5) is 5.69 Å². The number of rotatable bonds is 4. The Hall–Kier alpha value is -2.38. The minimum absolute atomic E-state index is 0.0747. The van der Waals surface area contributed by atoms with Crippen molar-refractivity contribution in [3.63, 3.8) is 0 Å². The number of amides is 1. The van der Waals surface area contributed by atoms with E-state index < -0.39 is 0 Å². The number of hydrogen-bond acceptors (Lipinski definition) is 4. The van der Waals surface area contributed by atoms with Crippen LogP contribution in [0.5, 0.6) is 0 Å². The Morgan fingerprint density at radius 2 is 1.85 bits per heavy atom. The number of benzene rings is 2. The van der Waals surface area contributed by atoms with Crippen LogP contribution in [0, 0.1) is 0 Å². The molecule has 0 saturated heterocycles. The number of fused-ring (bicyclic) bond motifs is 3. The van der Waals surface area contributed by atoms with E-state index in [0.29, 0.717) is 5.16 Å². The van der Waals surface area contributed by atoms with E-state index in [1.165, 1.54) is 11.8 Å². The van der Waals surface area contributed by atoms with E-state index in [-0.39, 0.29) is 11.2 Å². The van der Waals surface area contributed by atoms with E-state index in [9.17, 15) is 4.79 Å². The number of carbonyl (C=O) groups is 1. The third-order valence-corrected chi connectivity index (χ3v) is 5.58. The van der Waals surface area contributed by atoms with Crippen molar-refractivity contribution in [3.8, 4) is 0 Å². The Labute approximate surface area is 162 Å². The van der Waals surface area contributed by atoms with Crippen molar-refractivity contribution in [1.82, 2.24) is 14.6 Å². The minimum atomic E-state index is -0.315. The summed E-state index contributed by atoms with van der Waals surface area (Å²) in [6.45, 7) is 1.87. The Morgan fingerprint density at radius 1 is 1.08 bits per heavy atom. The van der Waals surface area contributed by atoms with Gasteiger partial charge >= 0.3 is 0 Å². The number of para-hydroxylation sites is 1. The van der Waals surface area contributed by atoms with Gasteiger partial charge in [0, 0.05) is 10.2 Å². The topological polar surface area (TPSA) is 59.3 Å². The van der Waals surface area contributed by atoms with Crippen molar-refractivity contribution in [1.29, 1.82) is 0 Å². The number of nitrogens with zero attached hydrogens (tertiary/aromatic N) is 3. The molecule has 7 heteroatoms. The molecule has 2 aromatic carbocycles. The summed E-state index contributed by atoms with van der Waals surface area (Å²) < 4.78 is 2.96. The fourth-order valence-electron chi connectivity index (χ4n) is 2.68. The zero-order valence-corrected chi connectivity index (χ0v) is 16.3. The van der Waals surface area contributed by atoms with Crippen molar-refractivity contribution in [3.05, 3.63) is 65.1 Å². The van der Waals surface area contributed by atoms with Gasteiger partial charge in [-0.3, -0.25) is 9.20 Å². The van der Waals surface area contributed by atoms with Crippen molar-refractivity contribution >= 4 is 55.8 Å². The second-order valence-electron chi connectivity index (χ2n) is 5.82. The maximum atomic E-state index is 12.5. The molecule has 0 aliphatic heterocycles. The molecule has 0 saturated carbocycles. The van der Waals surface area contributed by atoms with Gasteiger partial charge in [-0.05, 0) is 54.8 Å². The van der Waals surface area contributed by atoms with Crippen molar-refractivity contribution in [2.45, 2.75) is 17.3 Å². The molecule has 4 aromatic rings. The van der Waals surface area contributed by atoms with Gasteiger partial charge in [-0.15, -0.1) is 10.2 Å². The first-order chi connectivity index (χ1) is 12.6. The Balaban J connectivity index is 1.59. The van der Waals surface area contributed by atoms with Crippen LogP contribution in [0.2, 0.25) is 0 Å². The van der Waals surface area contributed by atoms with Gasteiger partial charge in [-0.1, -0.05) is 45.9 Å². The summed E-state index contributed by atoms with van der Waals surface area (Å²) in [5.74, 6) is -0.0747. The van der Waals surface area contributed by atoms with E-state index in [4.69, 9.17) is 0 Å². The van der Waals surface area contributed by atoms with Crippen LogP contribution < -0.4 is 5.32 Å². The number of aromatic nitrogens is 3. The molecule has 0 aliphatic carbocycles. The molecule has 4 rings (SSSR count). The van der Waals surface area contributed by atoms with Crippen LogP contribution in [0.3, 0.4) is 0 Å². The molecule has 130 valence electrons. The van der Waals surface area contributed by atoms with Crippen LogP contribution in [-0.4, -0.2) is 25.8 Å². The number of carbonyl (C=O) groups excluding carboxylic acids is 1. The lowest BCUT2D eigenvalue weighted by atomic mass is 10.2. The van der Waals surface area contributed by atoms with Gasteiger partial charge in [0.2, 0.25) is 5.91 Å². The second-order valence-corrected chi connectivity index (χ2v) is 8.05. The second kappa shape index (κ2) is 7.09. The number of halogens is 1. The Bertz CT molecular complexity index is 1090. The Morgan fingerprint density at radius 3 is 2.65 bits per heavy atom. The predicted octanol–water partition coefficient (Wildman–Crippen LogP) is 4.76. The summed E-state index contributed by atoms with van der Waals surface area (Å²) in [6, 6.07) is 19.5. The number of pyridine rings is 1. The zero-order chi connectivity index (χ0) is 18.1. The molecule has 26 heavy (non-hydrogen) atoms. The zero-order valence-electron chi connectivity index (χ0n) is 13.9. The molecule has 0 unspecified atom stereocenters. The van der Waals surface area contributed by atoms with Crippen molar-refractivity contribution < 1.29 is 4.79 Å². The van der Waals surface area contributed by atoms with Gasteiger partial charge in [0.1, 0.15) is 0 Å². The molecule has 0 bridgehead atoms. The first kappa shape index (κ1) is 17.1. The molecule has 0 aliphatic rings. The van der Waals surface area contributed by atoms with Crippen molar-refractivity contribution in [2.24, 2.45) is 0 Å². The smallest absolute Gasteiger partial charge is 0.237 e. The van der Waals surface area contributed by atoms with Crippen LogP contribution in [0.25, 0.3) is 16.6 Å². The third-order valence-electron chi connectivity index (χ3n) is 4.01.